The number of halogens is 1. The van der Waals surface area contributed by atoms with E-state index >= 15 is 0 Å². The molecular weight excluding hydrogens is 260 g/mol. The number of aromatic nitrogens is 1. The average molecular weight is 275 g/mol. The van der Waals surface area contributed by atoms with Crippen molar-refractivity contribution in [1.82, 2.24) is 9.29 Å². The summed E-state index contributed by atoms with van der Waals surface area (Å²) in [5.74, 6) is 0.143. The number of sulfonamides is 1. The van der Waals surface area contributed by atoms with Gasteiger partial charge in [-0.15, -0.1) is 11.6 Å². The van der Waals surface area contributed by atoms with Crippen molar-refractivity contribution in [2.75, 3.05) is 11.6 Å². The second kappa shape index (κ2) is 5.33. The highest BCUT2D eigenvalue weighted by atomic mass is 35.5. The summed E-state index contributed by atoms with van der Waals surface area (Å²) in [6, 6.07) is 3.86. The van der Waals surface area contributed by atoms with Crippen molar-refractivity contribution in [1.29, 1.82) is 0 Å². The third-order valence-electron chi connectivity index (χ3n) is 2.71. The first-order valence-electron chi connectivity index (χ1n) is 5.58. The standard InChI is InChI=1S/C11H15ClN2O2S/c12-5-7-17(15,16)14(11-3-4-11)9-10-2-1-6-13-8-10/h1-2,6,8,11H,3-5,7,9H2. The molecule has 1 saturated carbocycles. The van der Waals surface area contributed by atoms with Gasteiger partial charge < -0.3 is 0 Å². The first kappa shape index (κ1) is 12.8. The van der Waals surface area contributed by atoms with Crippen molar-refractivity contribution in [2.24, 2.45) is 0 Å². The molecule has 2 rings (SSSR count). The lowest BCUT2D eigenvalue weighted by atomic mass is 10.3. The van der Waals surface area contributed by atoms with Gasteiger partial charge in [0.25, 0.3) is 0 Å². The van der Waals surface area contributed by atoms with Gasteiger partial charge in [0.05, 0.1) is 5.75 Å². The number of pyridine rings is 1. The maximum Gasteiger partial charge on any atom is 0.215 e. The average Bonchev–Trinajstić information content (AvgIpc) is 3.11. The summed E-state index contributed by atoms with van der Waals surface area (Å²) >= 11 is 5.54. The molecule has 94 valence electrons. The Kier molecular flexibility index (Phi) is 4.01. The summed E-state index contributed by atoms with van der Waals surface area (Å²) in [6.07, 6.45) is 5.27. The van der Waals surface area contributed by atoms with Gasteiger partial charge in [-0.3, -0.25) is 4.98 Å². The molecule has 0 bridgehead atoms. The molecular formula is C11H15ClN2O2S. The van der Waals surface area contributed by atoms with Crippen molar-refractivity contribution >= 4 is 21.6 Å². The number of hydrogen-bond acceptors (Lipinski definition) is 3. The first-order valence-corrected chi connectivity index (χ1v) is 7.72. The van der Waals surface area contributed by atoms with Gasteiger partial charge in [-0.1, -0.05) is 6.07 Å². The molecule has 0 aliphatic heterocycles. The van der Waals surface area contributed by atoms with Crippen LogP contribution in [0, 0.1) is 0 Å². The Labute approximate surface area is 107 Å². The van der Waals surface area contributed by atoms with Gasteiger partial charge in [0, 0.05) is 30.9 Å². The Balaban J connectivity index is 2.13. The van der Waals surface area contributed by atoms with E-state index in [0.29, 0.717) is 6.54 Å². The van der Waals surface area contributed by atoms with Crippen LogP contribution in [0.2, 0.25) is 0 Å². The molecule has 0 radical (unpaired) electrons. The third-order valence-corrected chi connectivity index (χ3v) is 4.98. The minimum absolute atomic E-state index is 0.00528. The van der Waals surface area contributed by atoms with E-state index in [0.717, 1.165) is 18.4 Å². The van der Waals surface area contributed by atoms with E-state index in [4.69, 9.17) is 11.6 Å². The van der Waals surface area contributed by atoms with Crippen LogP contribution in [-0.2, 0) is 16.6 Å². The molecule has 4 nitrogen and oxygen atoms in total. The van der Waals surface area contributed by atoms with Crippen molar-refractivity contribution < 1.29 is 8.42 Å². The van der Waals surface area contributed by atoms with E-state index in [-0.39, 0.29) is 17.7 Å². The zero-order valence-corrected chi connectivity index (χ0v) is 11.0. The summed E-state index contributed by atoms with van der Waals surface area (Å²) in [5.41, 5.74) is 0.914. The molecule has 1 fully saturated rings. The van der Waals surface area contributed by atoms with Crippen LogP contribution in [-0.4, -0.2) is 35.4 Å². The van der Waals surface area contributed by atoms with Crippen LogP contribution in [0.3, 0.4) is 0 Å². The van der Waals surface area contributed by atoms with Crippen molar-refractivity contribution in [3.05, 3.63) is 30.1 Å². The predicted octanol–water partition coefficient (Wildman–Crippen LogP) is 1.61. The van der Waals surface area contributed by atoms with Crippen molar-refractivity contribution in [3.8, 4) is 0 Å². The molecule has 1 aliphatic carbocycles. The largest absolute Gasteiger partial charge is 0.264 e. The van der Waals surface area contributed by atoms with Gasteiger partial charge in [0.2, 0.25) is 10.0 Å². The van der Waals surface area contributed by atoms with E-state index < -0.39 is 10.0 Å². The van der Waals surface area contributed by atoms with Crippen LogP contribution < -0.4 is 0 Å². The minimum Gasteiger partial charge on any atom is -0.264 e. The van der Waals surface area contributed by atoms with Gasteiger partial charge >= 0.3 is 0 Å². The lowest BCUT2D eigenvalue weighted by Crippen LogP contribution is -2.35. The van der Waals surface area contributed by atoms with Crippen molar-refractivity contribution in [3.63, 3.8) is 0 Å². The third kappa shape index (κ3) is 3.40. The molecule has 0 spiro atoms. The van der Waals surface area contributed by atoms with Crippen LogP contribution in [0.5, 0.6) is 0 Å². The highest BCUT2D eigenvalue weighted by Crippen LogP contribution is 2.30. The summed E-state index contributed by atoms with van der Waals surface area (Å²) in [7, 11) is -3.23. The van der Waals surface area contributed by atoms with Gasteiger partial charge in [0.15, 0.2) is 0 Å². The van der Waals surface area contributed by atoms with Gasteiger partial charge in [0.1, 0.15) is 0 Å². The van der Waals surface area contributed by atoms with E-state index in [1.807, 2.05) is 12.1 Å². The molecule has 0 N–H and O–H groups in total. The van der Waals surface area contributed by atoms with Crippen LogP contribution in [0.4, 0.5) is 0 Å². The Morgan fingerprint density at radius 2 is 2.24 bits per heavy atom. The molecule has 0 unspecified atom stereocenters. The highest BCUT2D eigenvalue weighted by Gasteiger charge is 2.36. The van der Waals surface area contributed by atoms with Gasteiger partial charge in [-0.25, -0.2) is 8.42 Å². The van der Waals surface area contributed by atoms with E-state index in [2.05, 4.69) is 4.98 Å². The van der Waals surface area contributed by atoms with Gasteiger partial charge in [-0.05, 0) is 24.5 Å². The Morgan fingerprint density at radius 3 is 2.76 bits per heavy atom. The molecule has 1 aliphatic rings. The van der Waals surface area contributed by atoms with E-state index in [1.165, 1.54) is 0 Å². The summed E-state index contributed by atoms with van der Waals surface area (Å²) in [4.78, 5) is 4.00. The maximum atomic E-state index is 12.0. The zero-order valence-electron chi connectivity index (χ0n) is 9.42. The molecule has 1 aromatic heterocycles. The van der Waals surface area contributed by atoms with Crippen molar-refractivity contribution in [2.45, 2.75) is 25.4 Å². The SMILES string of the molecule is O=S(=O)(CCCl)N(Cc1cccnc1)C1CC1. The minimum atomic E-state index is -3.23. The fourth-order valence-corrected chi connectivity index (χ4v) is 3.73. The zero-order chi connectivity index (χ0) is 12.3. The maximum absolute atomic E-state index is 12.0. The summed E-state index contributed by atoms with van der Waals surface area (Å²) < 4.78 is 25.6. The second-order valence-electron chi connectivity index (χ2n) is 4.14. The lowest BCUT2D eigenvalue weighted by molar-refractivity contribution is 0.399. The predicted molar refractivity (Wildman–Crippen MR) is 67.3 cm³/mol. The molecule has 0 atom stereocenters. The van der Waals surface area contributed by atoms with Crippen LogP contribution >= 0.6 is 11.6 Å². The normalized spacial score (nSPS) is 16.4. The summed E-state index contributed by atoms with van der Waals surface area (Å²) in [6.45, 7) is 0.401. The lowest BCUT2D eigenvalue weighted by Gasteiger charge is -2.21. The number of hydrogen-bond donors (Lipinski definition) is 0. The topological polar surface area (TPSA) is 50.3 Å². The fraction of sp³-hybridized carbons (Fsp3) is 0.545. The van der Waals surface area contributed by atoms with Crippen LogP contribution in [0.15, 0.2) is 24.5 Å². The molecule has 17 heavy (non-hydrogen) atoms. The smallest absolute Gasteiger partial charge is 0.215 e. The highest BCUT2D eigenvalue weighted by molar-refractivity contribution is 7.89. The second-order valence-corrected chi connectivity index (χ2v) is 6.56. The quantitative estimate of drug-likeness (QED) is 0.741. The first-order chi connectivity index (χ1) is 8.13. The molecule has 6 heteroatoms. The molecule has 0 aromatic carbocycles. The summed E-state index contributed by atoms with van der Waals surface area (Å²) in [5, 5.41) is 0. The molecule has 1 heterocycles. The van der Waals surface area contributed by atoms with Gasteiger partial charge in [-0.2, -0.15) is 4.31 Å². The molecule has 0 amide bonds. The Hall–Kier alpha value is -0.650. The Bertz CT molecular complexity index is 460. The fourth-order valence-electron chi connectivity index (χ4n) is 1.70. The number of rotatable bonds is 6. The molecule has 0 saturated heterocycles. The van der Waals surface area contributed by atoms with Crippen LogP contribution in [0.25, 0.3) is 0 Å². The number of alkyl halides is 1. The van der Waals surface area contributed by atoms with Crippen LogP contribution in [0.1, 0.15) is 18.4 Å². The Morgan fingerprint density at radius 1 is 1.47 bits per heavy atom. The van der Waals surface area contributed by atoms with E-state index in [9.17, 15) is 8.42 Å². The number of nitrogens with zero attached hydrogens (tertiary/aromatic N) is 2. The molecule has 1 aromatic rings. The monoisotopic (exact) mass is 274 g/mol. The van der Waals surface area contributed by atoms with E-state index in [1.54, 1.807) is 16.7 Å².